The van der Waals surface area contributed by atoms with Crippen molar-refractivity contribution in [3.8, 4) is 0 Å². The molecule has 180 valence electrons. The van der Waals surface area contributed by atoms with Crippen LogP contribution in [-0.2, 0) is 17.0 Å². The van der Waals surface area contributed by atoms with Crippen LogP contribution in [-0.4, -0.2) is 15.8 Å². The normalized spacial score (nSPS) is 18.6. The Hall–Kier alpha value is -3.19. The summed E-state index contributed by atoms with van der Waals surface area (Å²) in [6, 6.07) is 14.4. The van der Waals surface area contributed by atoms with Crippen LogP contribution < -0.4 is 10.9 Å². The summed E-state index contributed by atoms with van der Waals surface area (Å²) in [5.74, 6) is 0.388. The van der Waals surface area contributed by atoms with E-state index in [-0.39, 0.29) is 22.6 Å². The summed E-state index contributed by atoms with van der Waals surface area (Å²) in [5.41, 5.74) is 4.65. The number of Topliss-reactive ketones (excluding diaryl/α,β-unsaturated/α-hetero) is 1. The molecule has 0 saturated carbocycles. The van der Waals surface area contributed by atoms with Gasteiger partial charge in [0.1, 0.15) is 11.6 Å². The molecule has 3 aromatic rings. The Balaban J connectivity index is 1.56. The molecule has 2 aromatic carbocycles. The Morgan fingerprint density at radius 2 is 1.71 bits per heavy atom. The van der Waals surface area contributed by atoms with E-state index >= 15 is 0 Å². The van der Waals surface area contributed by atoms with Crippen LogP contribution in [0.3, 0.4) is 0 Å². The summed E-state index contributed by atoms with van der Waals surface area (Å²) in [4.78, 5) is 34.5. The number of fused-ring (bicyclic) bond motifs is 1. The number of ketones is 1. The second kappa shape index (κ2) is 9.11. The maximum Gasteiger partial charge on any atom is 0.257 e. The Morgan fingerprint density at radius 1 is 1.03 bits per heavy atom. The van der Waals surface area contributed by atoms with E-state index < -0.39 is 5.92 Å². The molecule has 5 nitrogen and oxygen atoms in total. The number of nitrogens with zero attached hydrogens (tertiary/aromatic N) is 1. The van der Waals surface area contributed by atoms with Gasteiger partial charge in [0.25, 0.3) is 5.56 Å². The fourth-order valence-corrected chi connectivity index (χ4v) is 5.79. The summed E-state index contributed by atoms with van der Waals surface area (Å²) >= 11 is 1.39. The molecule has 0 saturated heterocycles. The number of thioether (sulfide) groups is 1. The molecule has 0 radical (unpaired) electrons. The molecule has 1 aliphatic carbocycles. The van der Waals surface area contributed by atoms with Gasteiger partial charge in [-0.3, -0.25) is 9.59 Å². The van der Waals surface area contributed by atoms with Crippen molar-refractivity contribution in [2.24, 2.45) is 5.41 Å². The highest BCUT2D eigenvalue weighted by molar-refractivity contribution is 7.98. The number of rotatable bonds is 5. The fraction of sp³-hybridized carbons (Fsp3) is 0.321. The molecule has 2 heterocycles. The molecule has 35 heavy (non-hydrogen) atoms. The fourth-order valence-electron chi connectivity index (χ4n) is 4.97. The second-order valence-electron chi connectivity index (χ2n) is 10.0. The SMILES string of the molecule is CCc1ccc(C2C3=C(CC(C)(C)CC3=O)Nc3nc(SCc4ccc(F)cc4)[nH]c(=O)c32)cc1. The van der Waals surface area contributed by atoms with Crippen LogP contribution in [0.5, 0.6) is 0 Å². The maximum atomic E-state index is 13.4. The van der Waals surface area contributed by atoms with Gasteiger partial charge in [0.15, 0.2) is 10.9 Å². The van der Waals surface area contributed by atoms with Gasteiger partial charge >= 0.3 is 0 Å². The minimum absolute atomic E-state index is 0.0770. The van der Waals surface area contributed by atoms with Crippen molar-refractivity contribution in [3.63, 3.8) is 0 Å². The predicted molar refractivity (Wildman–Crippen MR) is 137 cm³/mol. The third kappa shape index (κ3) is 4.69. The van der Waals surface area contributed by atoms with Gasteiger partial charge in [0.2, 0.25) is 0 Å². The second-order valence-corrected chi connectivity index (χ2v) is 11.0. The summed E-state index contributed by atoms with van der Waals surface area (Å²) in [5, 5.41) is 3.84. The number of allylic oxidation sites excluding steroid dienone is 2. The lowest BCUT2D eigenvalue weighted by Gasteiger charge is -2.38. The summed E-state index contributed by atoms with van der Waals surface area (Å²) in [7, 11) is 0. The number of carbonyl (C=O) groups excluding carboxylic acids is 1. The summed E-state index contributed by atoms with van der Waals surface area (Å²) < 4.78 is 13.2. The van der Waals surface area contributed by atoms with Crippen LogP contribution in [0.2, 0.25) is 0 Å². The van der Waals surface area contributed by atoms with Crippen LogP contribution in [0.25, 0.3) is 0 Å². The quantitative estimate of drug-likeness (QED) is 0.341. The highest BCUT2D eigenvalue weighted by Gasteiger charge is 2.42. The lowest BCUT2D eigenvalue weighted by Crippen LogP contribution is -2.37. The first-order valence-corrected chi connectivity index (χ1v) is 12.9. The molecule has 1 unspecified atom stereocenters. The number of nitrogens with one attached hydrogen (secondary N) is 2. The molecule has 0 amide bonds. The predicted octanol–water partition coefficient (Wildman–Crippen LogP) is 5.96. The molecule has 1 aromatic heterocycles. The highest BCUT2D eigenvalue weighted by atomic mass is 32.2. The number of benzene rings is 2. The van der Waals surface area contributed by atoms with Crippen LogP contribution in [0.15, 0.2) is 69.8 Å². The zero-order valence-electron chi connectivity index (χ0n) is 20.1. The Morgan fingerprint density at radius 3 is 2.40 bits per heavy atom. The zero-order chi connectivity index (χ0) is 24.7. The first-order valence-electron chi connectivity index (χ1n) is 11.9. The van der Waals surface area contributed by atoms with Crippen LogP contribution in [0.1, 0.15) is 61.8 Å². The van der Waals surface area contributed by atoms with Crippen LogP contribution in [0, 0.1) is 11.2 Å². The Labute approximate surface area is 208 Å². The summed E-state index contributed by atoms with van der Waals surface area (Å²) in [6.45, 7) is 6.28. The molecular formula is C28H28FN3O2S. The number of aryl methyl sites for hydroxylation is 1. The van der Waals surface area contributed by atoms with E-state index in [9.17, 15) is 14.0 Å². The van der Waals surface area contributed by atoms with E-state index in [0.29, 0.717) is 40.7 Å². The number of hydrogen-bond donors (Lipinski definition) is 2. The van der Waals surface area contributed by atoms with Crippen molar-refractivity contribution in [2.45, 2.75) is 56.9 Å². The smallest absolute Gasteiger partial charge is 0.257 e. The van der Waals surface area contributed by atoms with Crippen molar-refractivity contribution in [1.29, 1.82) is 0 Å². The first-order chi connectivity index (χ1) is 16.7. The molecule has 0 spiro atoms. The van der Waals surface area contributed by atoms with Gasteiger partial charge in [0, 0.05) is 29.4 Å². The van der Waals surface area contributed by atoms with Crippen molar-refractivity contribution >= 4 is 23.4 Å². The van der Waals surface area contributed by atoms with Gasteiger partial charge in [-0.05, 0) is 47.1 Å². The Bertz CT molecular complexity index is 1370. The number of halogens is 1. The van der Waals surface area contributed by atoms with Gasteiger partial charge in [-0.25, -0.2) is 9.37 Å². The standard InChI is InChI=1S/C28H28FN3O2S/c1-4-16-5-9-18(10-6-16)22-23-20(13-28(2,3)14-21(23)33)30-25-24(22)26(34)32-27(31-25)35-15-17-7-11-19(29)12-8-17/h5-12,22H,4,13-15H2,1-3H3,(H2,30,31,32,34). The average molecular weight is 490 g/mol. The van der Waals surface area contributed by atoms with Crippen molar-refractivity contribution in [3.05, 3.63) is 98.2 Å². The molecule has 1 atom stereocenters. The van der Waals surface area contributed by atoms with E-state index in [1.54, 1.807) is 12.1 Å². The summed E-state index contributed by atoms with van der Waals surface area (Å²) in [6.07, 6.45) is 2.08. The molecule has 1 aliphatic heterocycles. The van der Waals surface area contributed by atoms with Gasteiger partial charge < -0.3 is 10.3 Å². The van der Waals surface area contributed by atoms with E-state index in [2.05, 4.69) is 43.2 Å². The van der Waals surface area contributed by atoms with Crippen LogP contribution in [0.4, 0.5) is 10.2 Å². The number of carbonyl (C=O) groups is 1. The molecule has 2 N–H and O–H groups in total. The van der Waals surface area contributed by atoms with Crippen molar-refractivity contribution in [2.75, 3.05) is 5.32 Å². The number of aromatic nitrogens is 2. The number of H-pyrrole nitrogens is 1. The Kier molecular flexibility index (Phi) is 6.13. The van der Waals surface area contributed by atoms with Gasteiger partial charge in [-0.2, -0.15) is 0 Å². The van der Waals surface area contributed by atoms with E-state index in [1.807, 2.05) is 12.1 Å². The van der Waals surface area contributed by atoms with E-state index in [4.69, 9.17) is 4.98 Å². The maximum absolute atomic E-state index is 13.4. The van der Waals surface area contributed by atoms with Gasteiger partial charge in [-0.15, -0.1) is 0 Å². The monoisotopic (exact) mass is 489 g/mol. The third-order valence-corrected chi connectivity index (χ3v) is 7.65. The number of anilines is 1. The lowest BCUT2D eigenvalue weighted by molar-refractivity contribution is -0.118. The van der Waals surface area contributed by atoms with E-state index in [1.165, 1.54) is 29.5 Å². The topological polar surface area (TPSA) is 74.8 Å². The third-order valence-electron chi connectivity index (χ3n) is 6.71. The number of aromatic amines is 1. The highest BCUT2D eigenvalue weighted by Crippen LogP contribution is 2.47. The average Bonchev–Trinajstić information content (AvgIpc) is 2.81. The van der Waals surface area contributed by atoms with Gasteiger partial charge in [-0.1, -0.05) is 68.9 Å². The first kappa shape index (κ1) is 23.5. The van der Waals surface area contributed by atoms with E-state index in [0.717, 1.165) is 23.2 Å². The van der Waals surface area contributed by atoms with Crippen LogP contribution >= 0.6 is 11.8 Å². The molecule has 5 rings (SSSR count). The lowest BCUT2D eigenvalue weighted by atomic mass is 9.69. The number of hydrogen-bond acceptors (Lipinski definition) is 5. The van der Waals surface area contributed by atoms with Crippen molar-refractivity contribution < 1.29 is 9.18 Å². The van der Waals surface area contributed by atoms with Gasteiger partial charge in [0.05, 0.1) is 5.56 Å². The van der Waals surface area contributed by atoms with Crippen molar-refractivity contribution in [1.82, 2.24) is 9.97 Å². The molecule has 0 bridgehead atoms. The minimum atomic E-state index is -0.455. The zero-order valence-corrected chi connectivity index (χ0v) is 20.9. The molecular weight excluding hydrogens is 461 g/mol. The molecule has 0 fully saturated rings. The molecule has 2 aliphatic rings. The largest absolute Gasteiger partial charge is 0.343 e. The minimum Gasteiger partial charge on any atom is -0.343 e. The molecule has 7 heteroatoms.